The Morgan fingerprint density at radius 1 is 1.21 bits per heavy atom. The van der Waals surface area contributed by atoms with Crippen LogP contribution in [0.15, 0.2) is 53.4 Å². The molecular formula is C15H16ClNOS. The van der Waals surface area contributed by atoms with Crippen molar-refractivity contribution in [3.8, 4) is 0 Å². The number of thioether (sulfide) groups is 1. The van der Waals surface area contributed by atoms with E-state index in [1.54, 1.807) is 13.0 Å². The molecule has 1 unspecified atom stereocenters. The first-order chi connectivity index (χ1) is 8.99. The van der Waals surface area contributed by atoms with Gasteiger partial charge in [-0.1, -0.05) is 41.9 Å². The van der Waals surface area contributed by atoms with E-state index in [1.165, 1.54) is 11.8 Å². The van der Waals surface area contributed by atoms with Crippen molar-refractivity contribution < 1.29 is 5.11 Å². The molecule has 2 rings (SSSR count). The SMILES string of the molecule is CC(O)(CSc1ccc(N)cc1Cl)c1ccccc1. The van der Waals surface area contributed by atoms with E-state index < -0.39 is 5.60 Å². The molecular weight excluding hydrogens is 278 g/mol. The number of halogens is 1. The zero-order valence-electron chi connectivity index (χ0n) is 10.6. The monoisotopic (exact) mass is 293 g/mol. The zero-order valence-corrected chi connectivity index (χ0v) is 12.2. The largest absolute Gasteiger partial charge is 0.399 e. The van der Waals surface area contributed by atoms with Crippen molar-refractivity contribution in [1.29, 1.82) is 0 Å². The molecule has 100 valence electrons. The van der Waals surface area contributed by atoms with Crippen LogP contribution >= 0.6 is 23.4 Å². The highest BCUT2D eigenvalue weighted by atomic mass is 35.5. The average molecular weight is 294 g/mol. The lowest BCUT2D eigenvalue weighted by Crippen LogP contribution is -2.24. The molecule has 0 saturated heterocycles. The Morgan fingerprint density at radius 2 is 1.89 bits per heavy atom. The van der Waals surface area contributed by atoms with Crippen LogP contribution in [0.25, 0.3) is 0 Å². The summed E-state index contributed by atoms with van der Waals surface area (Å²) >= 11 is 7.64. The fourth-order valence-corrected chi connectivity index (χ4v) is 3.05. The smallest absolute Gasteiger partial charge is 0.0962 e. The molecule has 0 aliphatic carbocycles. The zero-order chi connectivity index (χ0) is 13.9. The molecule has 19 heavy (non-hydrogen) atoms. The van der Waals surface area contributed by atoms with Crippen molar-refractivity contribution in [2.75, 3.05) is 11.5 Å². The molecule has 2 nitrogen and oxygen atoms in total. The maximum Gasteiger partial charge on any atom is 0.0962 e. The summed E-state index contributed by atoms with van der Waals surface area (Å²) < 4.78 is 0. The number of benzene rings is 2. The summed E-state index contributed by atoms with van der Waals surface area (Å²) in [5.41, 5.74) is 6.31. The van der Waals surface area contributed by atoms with Gasteiger partial charge < -0.3 is 10.8 Å². The molecule has 0 spiro atoms. The Morgan fingerprint density at radius 3 is 2.53 bits per heavy atom. The topological polar surface area (TPSA) is 46.2 Å². The normalized spacial score (nSPS) is 14.1. The van der Waals surface area contributed by atoms with Gasteiger partial charge in [0.15, 0.2) is 0 Å². The van der Waals surface area contributed by atoms with Crippen LogP contribution in [0.3, 0.4) is 0 Å². The van der Waals surface area contributed by atoms with E-state index >= 15 is 0 Å². The van der Waals surface area contributed by atoms with Crippen LogP contribution in [0.2, 0.25) is 5.02 Å². The van der Waals surface area contributed by atoms with E-state index in [2.05, 4.69) is 0 Å². The minimum Gasteiger partial charge on any atom is -0.399 e. The van der Waals surface area contributed by atoms with Crippen LogP contribution in [0, 0.1) is 0 Å². The summed E-state index contributed by atoms with van der Waals surface area (Å²) in [4.78, 5) is 0.923. The maximum atomic E-state index is 10.5. The van der Waals surface area contributed by atoms with Gasteiger partial charge in [0.05, 0.1) is 10.6 Å². The van der Waals surface area contributed by atoms with Crippen LogP contribution in [0.1, 0.15) is 12.5 Å². The van der Waals surface area contributed by atoms with Crippen molar-refractivity contribution >= 4 is 29.1 Å². The molecule has 3 N–H and O–H groups in total. The van der Waals surface area contributed by atoms with E-state index in [0.717, 1.165) is 10.5 Å². The second-order valence-electron chi connectivity index (χ2n) is 4.62. The van der Waals surface area contributed by atoms with Gasteiger partial charge in [-0.05, 0) is 30.7 Å². The predicted octanol–water partition coefficient (Wildman–Crippen LogP) is 3.92. The number of anilines is 1. The van der Waals surface area contributed by atoms with Gasteiger partial charge in [0.25, 0.3) is 0 Å². The quantitative estimate of drug-likeness (QED) is 0.663. The highest BCUT2D eigenvalue weighted by molar-refractivity contribution is 7.99. The number of aliphatic hydroxyl groups is 1. The van der Waals surface area contributed by atoms with Crippen molar-refractivity contribution in [1.82, 2.24) is 0 Å². The fraction of sp³-hybridized carbons (Fsp3) is 0.200. The van der Waals surface area contributed by atoms with Crippen molar-refractivity contribution in [2.24, 2.45) is 0 Å². The summed E-state index contributed by atoms with van der Waals surface area (Å²) in [6.45, 7) is 1.81. The third-order valence-electron chi connectivity index (χ3n) is 2.86. The second-order valence-corrected chi connectivity index (χ2v) is 6.04. The molecule has 0 bridgehead atoms. The molecule has 4 heteroatoms. The Balaban J connectivity index is 2.09. The van der Waals surface area contributed by atoms with Crippen molar-refractivity contribution in [2.45, 2.75) is 17.4 Å². The average Bonchev–Trinajstić information content (AvgIpc) is 2.39. The Bertz CT molecular complexity index is 557. The van der Waals surface area contributed by atoms with E-state index in [4.69, 9.17) is 17.3 Å². The molecule has 1 atom stereocenters. The molecule has 0 radical (unpaired) electrons. The van der Waals surface area contributed by atoms with E-state index in [1.807, 2.05) is 42.5 Å². The number of nitrogens with two attached hydrogens (primary N) is 1. The first kappa shape index (κ1) is 14.3. The highest BCUT2D eigenvalue weighted by Gasteiger charge is 2.23. The van der Waals surface area contributed by atoms with Crippen LogP contribution in [0.4, 0.5) is 5.69 Å². The Labute approximate surface area is 122 Å². The van der Waals surface area contributed by atoms with E-state index in [0.29, 0.717) is 16.5 Å². The van der Waals surface area contributed by atoms with Crippen LogP contribution in [-0.2, 0) is 5.60 Å². The molecule has 2 aromatic carbocycles. The van der Waals surface area contributed by atoms with Crippen LogP contribution in [0.5, 0.6) is 0 Å². The summed E-state index contributed by atoms with van der Waals surface area (Å²) in [6.07, 6.45) is 0. The number of hydrogen-bond acceptors (Lipinski definition) is 3. The summed E-state index contributed by atoms with van der Waals surface area (Å²) in [7, 11) is 0. The lowest BCUT2D eigenvalue weighted by Gasteiger charge is -2.23. The van der Waals surface area contributed by atoms with Gasteiger partial charge in [-0.25, -0.2) is 0 Å². The predicted molar refractivity (Wildman–Crippen MR) is 82.6 cm³/mol. The number of nitrogen functional groups attached to an aromatic ring is 1. The van der Waals surface area contributed by atoms with Crippen molar-refractivity contribution in [3.63, 3.8) is 0 Å². The van der Waals surface area contributed by atoms with Gasteiger partial charge in [0.1, 0.15) is 0 Å². The van der Waals surface area contributed by atoms with Gasteiger partial charge in [-0.3, -0.25) is 0 Å². The van der Waals surface area contributed by atoms with Gasteiger partial charge in [0.2, 0.25) is 0 Å². The van der Waals surface area contributed by atoms with Gasteiger partial charge >= 0.3 is 0 Å². The molecule has 0 amide bonds. The molecule has 0 heterocycles. The summed E-state index contributed by atoms with van der Waals surface area (Å²) in [5.74, 6) is 0.528. The van der Waals surface area contributed by atoms with Gasteiger partial charge in [-0.2, -0.15) is 0 Å². The van der Waals surface area contributed by atoms with E-state index in [9.17, 15) is 5.11 Å². The molecule has 0 saturated carbocycles. The third-order valence-corrected chi connectivity index (χ3v) is 4.66. The molecule has 0 aromatic heterocycles. The van der Waals surface area contributed by atoms with Crippen LogP contribution < -0.4 is 5.73 Å². The maximum absolute atomic E-state index is 10.5. The van der Waals surface area contributed by atoms with Crippen molar-refractivity contribution in [3.05, 3.63) is 59.1 Å². The molecule has 0 aliphatic heterocycles. The number of hydrogen-bond donors (Lipinski definition) is 2. The van der Waals surface area contributed by atoms with Gasteiger partial charge in [-0.15, -0.1) is 11.8 Å². The number of rotatable bonds is 4. The summed E-state index contributed by atoms with van der Waals surface area (Å²) in [6, 6.07) is 15.0. The Hall–Kier alpha value is -1.16. The third kappa shape index (κ3) is 3.66. The standard InChI is InChI=1S/C15H16ClNOS/c1-15(18,11-5-3-2-4-6-11)10-19-14-8-7-12(17)9-13(14)16/h2-9,18H,10,17H2,1H3. The fourth-order valence-electron chi connectivity index (χ4n) is 1.73. The minimum atomic E-state index is -0.892. The molecule has 2 aromatic rings. The second kappa shape index (κ2) is 5.87. The lowest BCUT2D eigenvalue weighted by atomic mass is 9.99. The van der Waals surface area contributed by atoms with E-state index in [-0.39, 0.29) is 0 Å². The molecule has 0 aliphatic rings. The highest BCUT2D eigenvalue weighted by Crippen LogP contribution is 2.33. The first-order valence-electron chi connectivity index (χ1n) is 5.95. The Kier molecular flexibility index (Phi) is 4.40. The minimum absolute atomic E-state index is 0.528. The van der Waals surface area contributed by atoms with Gasteiger partial charge in [0, 0.05) is 16.3 Å². The van der Waals surface area contributed by atoms with Crippen LogP contribution in [-0.4, -0.2) is 10.9 Å². The molecule has 0 fully saturated rings. The lowest BCUT2D eigenvalue weighted by molar-refractivity contribution is 0.0839. The summed E-state index contributed by atoms with van der Waals surface area (Å²) in [5, 5.41) is 11.1. The first-order valence-corrected chi connectivity index (χ1v) is 7.31.